The third kappa shape index (κ3) is 4.85. The highest BCUT2D eigenvalue weighted by Crippen LogP contribution is 2.23. The molecule has 6 heteroatoms. The van der Waals surface area contributed by atoms with Crippen LogP contribution in [-0.2, 0) is 4.79 Å². The van der Waals surface area contributed by atoms with Gasteiger partial charge in [0.25, 0.3) is 0 Å². The van der Waals surface area contributed by atoms with Gasteiger partial charge in [0.05, 0.1) is 5.54 Å². The number of anilines is 2. The molecule has 20 heavy (non-hydrogen) atoms. The first-order valence-electron chi connectivity index (χ1n) is 6.42. The lowest BCUT2D eigenvalue weighted by molar-refractivity contribution is -0.120. The van der Waals surface area contributed by atoms with Crippen LogP contribution < -0.4 is 16.0 Å². The second kappa shape index (κ2) is 7.72. The SMILES string of the molecule is CC(C)(N)C(=O)Nc1cccc(N2CCCC2)c1.Cl.Cl. The highest BCUT2D eigenvalue weighted by Gasteiger charge is 2.22. The number of nitrogens with two attached hydrogens (primary N) is 1. The van der Waals surface area contributed by atoms with Crippen LogP contribution >= 0.6 is 24.8 Å². The Bertz CT molecular complexity index is 440. The number of hydrogen-bond donors (Lipinski definition) is 2. The van der Waals surface area contributed by atoms with Gasteiger partial charge in [0.2, 0.25) is 5.91 Å². The van der Waals surface area contributed by atoms with Crippen molar-refractivity contribution in [3.8, 4) is 0 Å². The minimum absolute atomic E-state index is 0. The molecular formula is C14H23Cl2N3O. The molecule has 1 saturated heterocycles. The lowest BCUT2D eigenvalue weighted by atomic mass is 10.1. The van der Waals surface area contributed by atoms with Gasteiger partial charge in [-0.1, -0.05) is 6.07 Å². The fourth-order valence-electron chi connectivity index (χ4n) is 2.05. The minimum atomic E-state index is -0.857. The van der Waals surface area contributed by atoms with Crippen molar-refractivity contribution < 1.29 is 4.79 Å². The monoisotopic (exact) mass is 319 g/mol. The van der Waals surface area contributed by atoms with Gasteiger partial charge in [-0.25, -0.2) is 0 Å². The summed E-state index contributed by atoms with van der Waals surface area (Å²) < 4.78 is 0. The van der Waals surface area contributed by atoms with Crippen LogP contribution in [0.4, 0.5) is 11.4 Å². The fraction of sp³-hybridized carbons (Fsp3) is 0.500. The summed E-state index contributed by atoms with van der Waals surface area (Å²) >= 11 is 0. The Morgan fingerprint density at radius 2 is 1.85 bits per heavy atom. The molecule has 2 rings (SSSR count). The zero-order valence-corrected chi connectivity index (χ0v) is 13.5. The number of carbonyl (C=O) groups excluding carboxylic acids is 1. The number of carbonyl (C=O) groups is 1. The zero-order valence-electron chi connectivity index (χ0n) is 11.9. The van der Waals surface area contributed by atoms with Crippen LogP contribution in [0.5, 0.6) is 0 Å². The molecule has 0 unspecified atom stereocenters. The Morgan fingerprint density at radius 3 is 2.40 bits per heavy atom. The molecule has 1 aromatic rings. The smallest absolute Gasteiger partial charge is 0.243 e. The fourth-order valence-corrected chi connectivity index (χ4v) is 2.05. The van der Waals surface area contributed by atoms with Gasteiger partial charge in [-0.2, -0.15) is 0 Å². The van der Waals surface area contributed by atoms with E-state index in [2.05, 4.69) is 16.3 Å². The number of nitrogens with one attached hydrogen (secondary N) is 1. The summed E-state index contributed by atoms with van der Waals surface area (Å²) in [6, 6.07) is 7.94. The summed E-state index contributed by atoms with van der Waals surface area (Å²) in [6.07, 6.45) is 2.48. The maximum atomic E-state index is 11.8. The number of nitrogens with zero attached hydrogens (tertiary/aromatic N) is 1. The number of benzene rings is 1. The average Bonchev–Trinajstić information content (AvgIpc) is 2.81. The minimum Gasteiger partial charge on any atom is -0.371 e. The molecule has 0 atom stereocenters. The second-order valence-corrected chi connectivity index (χ2v) is 5.42. The van der Waals surface area contributed by atoms with Gasteiger partial charge in [-0.3, -0.25) is 4.79 Å². The van der Waals surface area contributed by atoms with Crippen LogP contribution in [-0.4, -0.2) is 24.5 Å². The lowest BCUT2D eigenvalue weighted by Gasteiger charge is -2.20. The van der Waals surface area contributed by atoms with Crippen molar-refractivity contribution in [2.45, 2.75) is 32.2 Å². The maximum Gasteiger partial charge on any atom is 0.243 e. The number of hydrogen-bond acceptors (Lipinski definition) is 3. The molecule has 0 radical (unpaired) electrons. The predicted octanol–water partition coefficient (Wildman–Crippen LogP) is 2.81. The van der Waals surface area contributed by atoms with Crippen molar-refractivity contribution in [2.24, 2.45) is 5.73 Å². The molecule has 0 aliphatic carbocycles. The van der Waals surface area contributed by atoms with E-state index in [1.807, 2.05) is 18.2 Å². The van der Waals surface area contributed by atoms with E-state index in [-0.39, 0.29) is 30.7 Å². The highest BCUT2D eigenvalue weighted by molar-refractivity contribution is 5.97. The van der Waals surface area contributed by atoms with Crippen LogP contribution in [0.15, 0.2) is 24.3 Å². The number of amides is 1. The summed E-state index contributed by atoms with van der Waals surface area (Å²) in [4.78, 5) is 14.2. The van der Waals surface area contributed by atoms with Crippen LogP contribution in [0.1, 0.15) is 26.7 Å². The topological polar surface area (TPSA) is 58.4 Å². The molecule has 1 amide bonds. The number of halogens is 2. The molecule has 3 N–H and O–H groups in total. The molecule has 1 heterocycles. The lowest BCUT2D eigenvalue weighted by Crippen LogP contribution is -2.45. The molecule has 1 aliphatic rings. The van der Waals surface area contributed by atoms with E-state index >= 15 is 0 Å². The van der Waals surface area contributed by atoms with Crippen molar-refractivity contribution >= 4 is 42.1 Å². The molecule has 0 spiro atoms. The van der Waals surface area contributed by atoms with E-state index in [1.54, 1.807) is 13.8 Å². The van der Waals surface area contributed by atoms with Crippen LogP contribution in [0.25, 0.3) is 0 Å². The van der Waals surface area contributed by atoms with Gasteiger partial charge in [-0.05, 0) is 44.9 Å². The Hall–Kier alpha value is -0.970. The van der Waals surface area contributed by atoms with Crippen molar-refractivity contribution in [3.63, 3.8) is 0 Å². The van der Waals surface area contributed by atoms with Gasteiger partial charge in [0.1, 0.15) is 0 Å². The van der Waals surface area contributed by atoms with E-state index in [9.17, 15) is 4.79 Å². The summed E-state index contributed by atoms with van der Waals surface area (Å²) in [5.41, 5.74) is 6.88. The Kier molecular flexibility index (Phi) is 7.34. The molecule has 0 bridgehead atoms. The van der Waals surface area contributed by atoms with Crippen molar-refractivity contribution in [1.29, 1.82) is 0 Å². The summed E-state index contributed by atoms with van der Waals surface area (Å²) in [6.45, 7) is 5.60. The van der Waals surface area contributed by atoms with Crippen LogP contribution in [0, 0.1) is 0 Å². The summed E-state index contributed by atoms with van der Waals surface area (Å²) in [5.74, 6) is -0.166. The molecule has 1 aromatic carbocycles. The zero-order chi connectivity index (χ0) is 13.2. The summed E-state index contributed by atoms with van der Waals surface area (Å²) in [5, 5.41) is 2.86. The second-order valence-electron chi connectivity index (χ2n) is 5.42. The normalized spacial score (nSPS) is 14.2. The average molecular weight is 320 g/mol. The van der Waals surface area contributed by atoms with E-state index in [0.29, 0.717) is 0 Å². The molecule has 114 valence electrons. The Balaban J connectivity index is 0.00000180. The van der Waals surface area contributed by atoms with E-state index < -0.39 is 5.54 Å². The summed E-state index contributed by atoms with van der Waals surface area (Å²) in [7, 11) is 0. The van der Waals surface area contributed by atoms with Crippen molar-refractivity contribution in [1.82, 2.24) is 0 Å². The Morgan fingerprint density at radius 1 is 1.25 bits per heavy atom. The highest BCUT2D eigenvalue weighted by atomic mass is 35.5. The number of rotatable bonds is 3. The first-order valence-corrected chi connectivity index (χ1v) is 6.42. The van der Waals surface area contributed by atoms with Gasteiger partial charge in [-0.15, -0.1) is 24.8 Å². The molecular weight excluding hydrogens is 297 g/mol. The van der Waals surface area contributed by atoms with Gasteiger partial charge < -0.3 is 16.0 Å². The quantitative estimate of drug-likeness (QED) is 0.900. The molecule has 0 aromatic heterocycles. The third-order valence-corrected chi connectivity index (χ3v) is 3.16. The van der Waals surface area contributed by atoms with Gasteiger partial charge in [0.15, 0.2) is 0 Å². The van der Waals surface area contributed by atoms with Gasteiger partial charge in [0, 0.05) is 24.5 Å². The van der Waals surface area contributed by atoms with E-state index in [4.69, 9.17) is 5.73 Å². The van der Waals surface area contributed by atoms with Crippen LogP contribution in [0.2, 0.25) is 0 Å². The third-order valence-electron chi connectivity index (χ3n) is 3.16. The molecule has 1 aliphatic heterocycles. The van der Waals surface area contributed by atoms with E-state index in [1.165, 1.54) is 18.5 Å². The standard InChI is InChI=1S/C14H21N3O.2ClH/c1-14(2,15)13(18)16-11-6-5-7-12(10-11)17-8-3-4-9-17;;/h5-7,10H,3-4,8-9,15H2,1-2H3,(H,16,18);2*1H. The first kappa shape index (κ1) is 19.0. The molecule has 1 fully saturated rings. The first-order chi connectivity index (χ1) is 8.47. The van der Waals surface area contributed by atoms with Crippen molar-refractivity contribution in [3.05, 3.63) is 24.3 Å². The molecule has 0 saturated carbocycles. The van der Waals surface area contributed by atoms with Crippen molar-refractivity contribution in [2.75, 3.05) is 23.3 Å². The Labute approximate surface area is 132 Å². The van der Waals surface area contributed by atoms with Crippen LogP contribution in [0.3, 0.4) is 0 Å². The van der Waals surface area contributed by atoms with E-state index in [0.717, 1.165) is 18.8 Å². The largest absolute Gasteiger partial charge is 0.371 e. The maximum absolute atomic E-state index is 11.8. The molecule has 4 nitrogen and oxygen atoms in total. The van der Waals surface area contributed by atoms with Gasteiger partial charge >= 0.3 is 0 Å². The predicted molar refractivity (Wildman–Crippen MR) is 89.3 cm³/mol.